The molecule has 3 nitrogen and oxygen atoms in total. The van der Waals surface area contributed by atoms with Gasteiger partial charge in [-0.15, -0.1) is 0 Å². The highest BCUT2D eigenvalue weighted by Crippen LogP contribution is 2.36. The van der Waals surface area contributed by atoms with Crippen LogP contribution in [-0.2, 0) is 6.54 Å². The molecule has 0 fully saturated rings. The topological polar surface area (TPSA) is 30.5 Å². The molecule has 21 heavy (non-hydrogen) atoms. The first-order chi connectivity index (χ1) is 10.0. The Morgan fingerprint density at radius 2 is 1.76 bits per heavy atom. The number of halogens is 3. The molecule has 0 spiro atoms. The summed E-state index contributed by atoms with van der Waals surface area (Å²) in [5.41, 5.74) is 0.774. The molecule has 0 bridgehead atoms. The van der Waals surface area contributed by atoms with Gasteiger partial charge in [0, 0.05) is 18.2 Å². The van der Waals surface area contributed by atoms with Crippen LogP contribution in [-0.4, -0.2) is 14.2 Å². The summed E-state index contributed by atoms with van der Waals surface area (Å²) in [6, 6.07) is 6.53. The first-order valence-corrected chi connectivity index (χ1v) is 6.52. The summed E-state index contributed by atoms with van der Waals surface area (Å²) in [5.74, 6) is -0.0144. The van der Waals surface area contributed by atoms with Crippen LogP contribution in [0.4, 0.5) is 14.5 Å². The fraction of sp³-hybridized carbons (Fsp3) is 0.200. The molecule has 0 radical (unpaired) electrons. The van der Waals surface area contributed by atoms with Crippen molar-refractivity contribution in [2.24, 2.45) is 0 Å². The van der Waals surface area contributed by atoms with E-state index in [0.29, 0.717) is 22.2 Å². The van der Waals surface area contributed by atoms with Gasteiger partial charge in [0.1, 0.15) is 23.1 Å². The van der Waals surface area contributed by atoms with E-state index in [1.807, 2.05) is 0 Å². The quantitative estimate of drug-likeness (QED) is 0.895. The van der Waals surface area contributed by atoms with E-state index in [0.717, 1.165) is 18.2 Å². The third-order valence-corrected chi connectivity index (χ3v) is 3.25. The number of benzene rings is 2. The molecule has 2 aromatic carbocycles. The van der Waals surface area contributed by atoms with E-state index in [1.165, 1.54) is 14.2 Å². The van der Waals surface area contributed by atoms with Crippen LogP contribution in [0.25, 0.3) is 0 Å². The maximum Gasteiger partial charge on any atom is 0.145 e. The number of hydrogen-bond acceptors (Lipinski definition) is 3. The van der Waals surface area contributed by atoms with Gasteiger partial charge in [0.2, 0.25) is 0 Å². The molecule has 0 saturated carbocycles. The van der Waals surface area contributed by atoms with Crippen molar-refractivity contribution in [2.45, 2.75) is 6.54 Å². The van der Waals surface area contributed by atoms with E-state index >= 15 is 0 Å². The Labute approximate surface area is 126 Å². The lowest BCUT2D eigenvalue weighted by atomic mass is 10.2. The van der Waals surface area contributed by atoms with Crippen molar-refractivity contribution in [1.29, 1.82) is 0 Å². The fourth-order valence-electron chi connectivity index (χ4n) is 1.87. The smallest absolute Gasteiger partial charge is 0.145 e. The number of ether oxygens (including phenoxy) is 2. The highest BCUT2D eigenvalue weighted by molar-refractivity contribution is 6.32. The van der Waals surface area contributed by atoms with Gasteiger partial charge in [-0.05, 0) is 24.3 Å². The monoisotopic (exact) mass is 313 g/mol. The maximum absolute atomic E-state index is 13.6. The van der Waals surface area contributed by atoms with Crippen molar-refractivity contribution in [3.05, 3.63) is 52.6 Å². The first-order valence-electron chi connectivity index (χ1n) is 6.14. The molecule has 0 unspecified atom stereocenters. The molecule has 0 amide bonds. The van der Waals surface area contributed by atoms with Crippen LogP contribution in [0.15, 0.2) is 30.3 Å². The largest absolute Gasteiger partial charge is 0.495 e. The Balaban J connectivity index is 2.23. The Morgan fingerprint density at radius 1 is 1.05 bits per heavy atom. The van der Waals surface area contributed by atoms with Crippen molar-refractivity contribution in [3.63, 3.8) is 0 Å². The van der Waals surface area contributed by atoms with Gasteiger partial charge in [-0.1, -0.05) is 11.6 Å². The van der Waals surface area contributed by atoms with Gasteiger partial charge >= 0.3 is 0 Å². The van der Waals surface area contributed by atoms with Crippen LogP contribution in [0.3, 0.4) is 0 Å². The van der Waals surface area contributed by atoms with Gasteiger partial charge in [-0.2, -0.15) is 0 Å². The van der Waals surface area contributed by atoms with Gasteiger partial charge in [0.15, 0.2) is 0 Å². The molecule has 0 aliphatic carbocycles. The number of nitrogens with one attached hydrogen (secondary N) is 1. The lowest BCUT2D eigenvalue weighted by Crippen LogP contribution is -2.04. The molecule has 0 atom stereocenters. The van der Waals surface area contributed by atoms with Crippen LogP contribution in [0.2, 0.25) is 5.02 Å². The molecular formula is C15H14ClF2NO2. The minimum Gasteiger partial charge on any atom is -0.495 e. The number of methoxy groups -OCH3 is 2. The van der Waals surface area contributed by atoms with Crippen LogP contribution in [0, 0.1) is 11.6 Å². The summed E-state index contributed by atoms with van der Waals surface area (Å²) < 4.78 is 37.0. The fourth-order valence-corrected chi connectivity index (χ4v) is 2.11. The molecule has 1 N–H and O–H groups in total. The highest BCUT2D eigenvalue weighted by atomic mass is 35.5. The molecule has 0 aliphatic rings. The van der Waals surface area contributed by atoms with Gasteiger partial charge in [-0.25, -0.2) is 8.78 Å². The molecule has 6 heteroatoms. The minimum absolute atomic E-state index is 0.0998. The Morgan fingerprint density at radius 3 is 2.43 bits per heavy atom. The zero-order chi connectivity index (χ0) is 15.4. The minimum atomic E-state index is -0.493. The van der Waals surface area contributed by atoms with Crippen LogP contribution in [0.5, 0.6) is 11.5 Å². The number of anilines is 1. The van der Waals surface area contributed by atoms with E-state index in [1.54, 1.807) is 12.1 Å². The third kappa shape index (κ3) is 3.55. The van der Waals surface area contributed by atoms with Gasteiger partial charge in [0.05, 0.1) is 24.9 Å². The van der Waals surface area contributed by atoms with Crippen molar-refractivity contribution in [2.75, 3.05) is 19.5 Å². The molecular weight excluding hydrogens is 300 g/mol. The Kier molecular flexibility index (Phi) is 4.85. The second-order valence-corrected chi connectivity index (χ2v) is 4.68. The summed E-state index contributed by atoms with van der Waals surface area (Å²) in [5, 5.41) is 3.36. The van der Waals surface area contributed by atoms with Crippen LogP contribution < -0.4 is 14.8 Å². The van der Waals surface area contributed by atoms with Gasteiger partial charge in [0.25, 0.3) is 0 Å². The lowest BCUT2D eigenvalue weighted by Gasteiger charge is -2.14. The second kappa shape index (κ2) is 6.63. The third-order valence-electron chi connectivity index (χ3n) is 2.95. The molecule has 0 aliphatic heterocycles. The Bertz CT molecular complexity index is 650. The molecule has 0 saturated heterocycles. The predicted octanol–water partition coefficient (Wildman–Crippen LogP) is 4.25. The second-order valence-electron chi connectivity index (χ2n) is 4.28. The van der Waals surface area contributed by atoms with E-state index in [-0.39, 0.29) is 12.1 Å². The lowest BCUT2D eigenvalue weighted by molar-refractivity contribution is 0.395. The summed E-state index contributed by atoms with van der Waals surface area (Å²) >= 11 is 6.04. The first kappa shape index (κ1) is 15.4. The SMILES string of the molecule is COc1cc(OC)c(NCc2cc(F)ccc2F)cc1Cl. The van der Waals surface area contributed by atoms with E-state index in [9.17, 15) is 8.78 Å². The Hall–Kier alpha value is -2.01. The number of hydrogen-bond donors (Lipinski definition) is 1. The molecule has 112 valence electrons. The zero-order valence-electron chi connectivity index (χ0n) is 11.5. The normalized spacial score (nSPS) is 10.3. The average Bonchev–Trinajstić information content (AvgIpc) is 2.48. The van der Waals surface area contributed by atoms with Crippen molar-refractivity contribution < 1.29 is 18.3 Å². The predicted molar refractivity (Wildman–Crippen MR) is 78.2 cm³/mol. The zero-order valence-corrected chi connectivity index (χ0v) is 12.3. The maximum atomic E-state index is 13.6. The number of rotatable bonds is 5. The summed E-state index contributed by atoms with van der Waals surface area (Å²) in [7, 11) is 2.99. The van der Waals surface area contributed by atoms with E-state index < -0.39 is 11.6 Å². The summed E-state index contributed by atoms with van der Waals surface area (Å²) in [6.07, 6.45) is 0. The van der Waals surface area contributed by atoms with Gasteiger partial charge in [-0.3, -0.25) is 0 Å². The molecule has 0 aromatic heterocycles. The standard InChI is InChI=1S/C15H14ClF2NO2/c1-20-14-7-15(21-2)13(6-11(14)16)19-8-9-5-10(17)3-4-12(9)18/h3-7,19H,8H2,1-2H3. The van der Waals surface area contributed by atoms with Crippen molar-refractivity contribution in [1.82, 2.24) is 0 Å². The molecule has 2 rings (SSSR count). The van der Waals surface area contributed by atoms with Crippen LogP contribution in [0.1, 0.15) is 5.56 Å². The van der Waals surface area contributed by atoms with E-state index in [4.69, 9.17) is 21.1 Å². The average molecular weight is 314 g/mol. The highest BCUT2D eigenvalue weighted by Gasteiger charge is 2.11. The summed E-state index contributed by atoms with van der Waals surface area (Å²) in [6.45, 7) is 0.0998. The van der Waals surface area contributed by atoms with Crippen molar-refractivity contribution in [3.8, 4) is 11.5 Å². The van der Waals surface area contributed by atoms with Crippen LogP contribution >= 0.6 is 11.6 Å². The van der Waals surface area contributed by atoms with E-state index in [2.05, 4.69) is 5.32 Å². The van der Waals surface area contributed by atoms with Crippen molar-refractivity contribution >= 4 is 17.3 Å². The molecule has 2 aromatic rings. The summed E-state index contributed by atoms with van der Waals surface area (Å²) in [4.78, 5) is 0. The van der Waals surface area contributed by atoms with Gasteiger partial charge < -0.3 is 14.8 Å². The molecule has 0 heterocycles.